The lowest BCUT2D eigenvalue weighted by Crippen LogP contribution is -2.33. The molecule has 7 nitrogen and oxygen atoms in total. The second-order valence-corrected chi connectivity index (χ2v) is 11.4. The van der Waals surface area contributed by atoms with Crippen LogP contribution in [0.15, 0.2) is 103 Å². The van der Waals surface area contributed by atoms with Crippen molar-refractivity contribution in [3.05, 3.63) is 153 Å². The maximum absolute atomic E-state index is 14.1. The Balaban J connectivity index is 1.25. The number of hydrogen-bond donors (Lipinski definition) is 3. The summed E-state index contributed by atoms with van der Waals surface area (Å²) in [4.78, 5) is 27.2. The lowest BCUT2D eigenvalue weighted by atomic mass is 9.77. The first kappa shape index (κ1) is 28.2. The molecular weight excluding hydrogens is 573 g/mol. The highest BCUT2D eigenvalue weighted by Crippen LogP contribution is 2.57. The van der Waals surface area contributed by atoms with E-state index in [0.29, 0.717) is 35.1 Å². The van der Waals surface area contributed by atoms with Crippen molar-refractivity contribution in [1.82, 2.24) is 5.32 Å². The molecule has 1 amide bonds. The molecule has 5 aromatic rings. The number of aromatic hydroxyl groups is 2. The number of hydrogen-bond acceptors (Lipinski definition) is 6. The minimum Gasteiger partial charge on any atom is -0.508 e. The van der Waals surface area contributed by atoms with Gasteiger partial charge in [0.1, 0.15) is 28.8 Å². The van der Waals surface area contributed by atoms with Crippen LogP contribution in [0.3, 0.4) is 0 Å². The van der Waals surface area contributed by atoms with Crippen molar-refractivity contribution in [1.29, 1.82) is 0 Å². The number of rotatable bonds is 6. The zero-order valence-corrected chi connectivity index (χ0v) is 24.2. The third-order valence-corrected chi connectivity index (χ3v) is 8.49. The molecule has 1 unspecified atom stereocenters. The lowest BCUT2D eigenvalue weighted by Gasteiger charge is -2.36. The van der Waals surface area contributed by atoms with Gasteiger partial charge in [0.25, 0.3) is 5.91 Å². The Morgan fingerprint density at radius 1 is 0.844 bits per heavy atom. The second-order valence-electron chi connectivity index (χ2n) is 11.4. The van der Waals surface area contributed by atoms with Gasteiger partial charge in [-0.25, -0.2) is 9.18 Å². The molecule has 0 bridgehead atoms. The smallest absolute Gasteiger partial charge is 0.340 e. The van der Waals surface area contributed by atoms with Gasteiger partial charge in [-0.2, -0.15) is 0 Å². The first-order valence-corrected chi connectivity index (χ1v) is 14.6. The van der Waals surface area contributed by atoms with E-state index in [9.17, 15) is 24.2 Å². The number of amides is 1. The van der Waals surface area contributed by atoms with Gasteiger partial charge in [0.05, 0.1) is 11.6 Å². The monoisotopic (exact) mass is 601 g/mol. The van der Waals surface area contributed by atoms with E-state index in [1.54, 1.807) is 43.3 Å². The Bertz CT molecular complexity index is 1940. The third kappa shape index (κ3) is 4.84. The summed E-state index contributed by atoms with van der Waals surface area (Å²) in [6.07, 6.45) is 1.26. The summed E-state index contributed by atoms with van der Waals surface area (Å²) in [7, 11) is 0. The predicted molar refractivity (Wildman–Crippen MR) is 164 cm³/mol. The molecule has 5 aromatic carbocycles. The van der Waals surface area contributed by atoms with Crippen molar-refractivity contribution in [3.8, 4) is 23.0 Å². The minimum absolute atomic E-state index is 0.0396. The van der Waals surface area contributed by atoms with E-state index in [4.69, 9.17) is 9.47 Å². The summed E-state index contributed by atoms with van der Waals surface area (Å²) >= 11 is 0. The first-order chi connectivity index (χ1) is 21.7. The van der Waals surface area contributed by atoms with Gasteiger partial charge in [-0.15, -0.1) is 0 Å². The highest BCUT2D eigenvalue weighted by atomic mass is 19.1. The summed E-state index contributed by atoms with van der Waals surface area (Å²) in [5, 5.41) is 23.4. The molecule has 8 heteroatoms. The summed E-state index contributed by atoms with van der Waals surface area (Å²) in [6.45, 7) is 1.69. The van der Waals surface area contributed by atoms with Gasteiger partial charge in [-0.05, 0) is 78.9 Å². The molecular formula is C37H28FNO6. The lowest BCUT2D eigenvalue weighted by molar-refractivity contribution is 0.0224. The maximum Gasteiger partial charge on any atom is 0.340 e. The van der Waals surface area contributed by atoms with E-state index < -0.39 is 23.5 Å². The predicted octanol–water partition coefficient (Wildman–Crippen LogP) is 7.22. The Labute approximate surface area is 258 Å². The van der Waals surface area contributed by atoms with Gasteiger partial charge >= 0.3 is 5.97 Å². The summed E-state index contributed by atoms with van der Waals surface area (Å²) in [5.74, 6) is -0.884. The summed E-state index contributed by atoms with van der Waals surface area (Å²) < 4.78 is 26.3. The molecule has 0 fully saturated rings. The van der Waals surface area contributed by atoms with Crippen LogP contribution in [0.1, 0.15) is 66.6 Å². The van der Waals surface area contributed by atoms with Crippen LogP contribution in [0.2, 0.25) is 0 Å². The molecule has 0 saturated carbocycles. The largest absolute Gasteiger partial charge is 0.508 e. The van der Waals surface area contributed by atoms with Crippen molar-refractivity contribution in [2.45, 2.75) is 31.4 Å². The zero-order valence-electron chi connectivity index (χ0n) is 24.2. The number of halogens is 1. The SMILES string of the molecule is Cc1cc(C(CCc2ccccc2)NC(=O)c2ccc3c(c2)C(=O)OC32c3ccc(O)cc3Oc3cc(O)ccc32)ccc1F. The van der Waals surface area contributed by atoms with E-state index >= 15 is 0 Å². The summed E-state index contributed by atoms with van der Waals surface area (Å²) in [6, 6.07) is 28.2. The number of carbonyl (C=O) groups is 2. The van der Waals surface area contributed by atoms with Crippen molar-refractivity contribution in [3.63, 3.8) is 0 Å². The van der Waals surface area contributed by atoms with Gasteiger partial charge in [0.2, 0.25) is 0 Å². The molecule has 224 valence electrons. The molecule has 2 aliphatic rings. The van der Waals surface area contributed by atoms with E-state index in [1.165, 1.54) is 36.4 Å². The molecule has 7 rings (SSSR count). The van der Waals surface area contributed by atoms with E-state index in [1.807, 2.05) is 30.3 Å². The molecule has 1 atom stereocenters. The Morgan fingerprint density at radius 3 is 2.18 bits per heavy atom. The quantitative estimate of drug-likeness (QED) is 0.178. The number of aryl methyl sites for hydroxylation is 2. The van der Waals surface area contributed by atoms with E-state index in [-0.39, 0.29) is 39.9 Å². The van der Waals surface area contributed by atoms with Crippen LogP contribution in [0.5, 0.6) is 23.0 Å². The van der Waals surface area contributed by atoms with Gasteiger partial charge in [0.15, 0.2) is 5.60 Å². The average Bonchev–Trinajstić information content (AvgIpc) is 3.32. The van der Waals surface area contributed by atoms with Crippen LogP contribution in [0, 0.1) is 12.7 Å². The van der Waals surface area contributed by atoms with Crippen LogP contribution in [-0.2, 0) is 16.8 Å². The fourth-order valence-corrected chi connectivity index (χ4v) is 6.25. The Hall–Kier alpha value is -5.63. The summed E-state index contributed by atoms with van der Waals surface area (Å²) in [5.41, 5.74) is 2.91. The zero-order chi connectivity index (χ0) is 31.3. The Kier molecular flexibility index (Phi) is 6.77. The van der Waals surface area contributed by atoms with Crippen LogP contribution < -0.4 is 10.1 Å². The minimum atomic E-state index is -1.42. The molecule has 2 aliphatic heterocycles. The molecule has 0 saturated heterocycles. The molecule has 0 radical (unpaired) electrons. The van der Waals surface area contributed by atoms with Crippen LogP contribution in [0.25, 0.3) is 0 Å². The maximum atomic E-state index is 14.1. The second kappa shape index (κ2) is 10.8. The average molecular weight is 602 g/mol. The first-order valence-electron chi connectivity index (χ1n) is 14.6. The number of esters is 1. The topological polar surface area (TPSA) is 105 Å². The van der Waals surface area contributed by atoms with E-state index in [2.05, 4.69) is 5.32 Å². The fourth-order valence-electron chi connectivity index (χ4n) is 6.25. The molecule has 1 spiro atoms. The number of benzene rings is 5. The van der Waals surface area contributed by atoms with Gasteiger partial charge in [0, 0.05) is 34.4 Å². The van der Waals surface area contributed by atoms with Gasteiger partial charge < -0.3 is 25.0 Å². The van der Waals surface area contributed by atoms with Gasteiger partial charge in [-0.1, -0.05) is 48.5 Å². The number of carbonyl (C=O) groups excluding carboxylic acids is 2. The molecule has 2 heterocycles. The van der Waals surface area contributed by atoms with Gasteiger partial charge in [-0.3, -0.25) is 4.79 Å². The van der Waals surface area contributed by atoms with Crippen LogP contribution >= 0.6 is 0 Å². The number of phenols is 2. The molecule has 45 heavy (non-hydrogen) atoms. The third-order valence-electron chi connectivity index (χ3n) is 8.49. The van der Waals surface area contributed by atoms with Crippen LogP contribution in [-0.4, -0.2) is 22.1 Å². The van der Waals surface area contributed by atoms with Crippen molar-refractivity contribution < 1.29 is 33.7 Å². The standard InChI is InChI=1S/C37H28FNO6/c1-21-17-23(9-15-31(21)38)32(16-7-22-5-3-2-4-6-22)39-35(42)24-8-12-28-27(18-24)36(43)45-37(28)29-13-10-25(40)19-33(29)44-34-20-26(41)11-14-30(34)37/h2-6,8-15,17-20,32,40-41H,7,16H2,1H3,(H,39,42). The highest BCUT2D eigenvalue weighted by Gasteiger charge is 2.53. The van der Waals surface area contributed by atoms with E-state index in [0.717, 1.165) is 11.1 Å². The number of fused-ring (bicyclic) bond motifs is 6. The van der Waals surface area contributed by atoms with Crippen molar-refractivity contribution >= 4 is 11.9 Å². The van der Waals surface area contributed by atoms with Crippen molar-refractivity contribution in [2.75, 3.05) is 0 Å². The molecule has 3 N–H and O–H groups in total. The number of ether oxygens (including phenoxy) is 2. The van der Waals surface area contributed by atoms with Crippen molar-refractivity contribution in [2.24, 2.45) is 0 Å². The highest BCUT2D eigenvalue weighted by molar-refractivity contribution is 6.01. The van der Waals surface area contributed by atoms with Crippen LogP contribution in [0.4, 0.5) is 4.39 Å². The number of phenolic OH excluding ortho intramolecular Hbond substituents is 2. The number of nitrogens with one attached hydrogen (secondary N) is 1. The molecule has 0 aliphatic carbocycles. The Morgan fingerprint density at radius 2 is 1.51 bits per heavy atom. The molecule has 0 aromatic heterocycles. The fraction of sp³-hybridized carbons (Fsp3) is 0.135. The normalized spacial score (nSPS) is 14.5.